The summed E-state index contributed by atoms with van der Waals surface area (Å²) in [6.07, 6.45) is 3.98. The predicted octanol–water partition coefficient (Wildman–Crippen LogP) is 5.19. The van der Waals surface area contributed by atoms with E-state index in [0.29, 0.717) is 47.4 Å². The SMILES string of the molecule is CCCCN(CCC#N)C(=O)c1ccc(Nc2ncc3c(n2)-c2ccc(Cl)cc2NC(=O)C3)cc1. The van der Waals surface area contributed by atoms with Crippen molar-refractivity contribution in [3.05, 3.63) is 64.8 Å². The number of anilines is 3. The summed E-state index contributed by atoms with van der Waals surface area (Å²) in [7, 11) is 0. The lowest BCUT2D eigenvalue weighted by molar-refractivity contribution is -0.115. The fraction of sp³-hybridized carbons (Fsp3) is 0.269. The van der Waals surface area contributed by atoms with E-state index in [-0.39, 0.29) is 18.2 Å². The van der Waals surface area contributed by atoms with Crippen LogP contribution in [0.4, 0.5) is 17.3 Å². The predicted molar refractivity (Wildman–Crippen MR) is 136 cm³/mol. The number of nitriles is 1. The van der Waals surface area contributed by atoms with E-state index in [1.54, 1.807) is 47.5 Å². The van der Waals surface area contributed by atoms with Gasteiger partial charge in [-0.3, -0.25) is 9.59 Å². The molecular formula is C26H25ClN6O2. The largest absolute Gasteiger partial charge is 0.338 e. The fourth-order valence-electron chi connectivity index (χ4n) is 3.88. The maximum absolute atomic E-state index is 12.9. The van der Waals surface area contributed by atoms with Crippen LogP contribution in [0.2, 0.25) is 5.02 Å². The first kappa shape index (κ1) is 24.2. The zero-order chi connectivity index (χ0) is 24.8. The molecular weight excluding hydrogens is 464 g/mol. The fourth-order valence-corrected chi connectivity index (χ4v) is 4.05. The minimum atomic E-state index is -0.153. The number of aromatic nitrogens is 2. The smallest absolute Gasteiger partial charge is 0.253 e. The average molecular weight is 489 g/mol. The number of halogens is 1. The Bertz CT molecular complexity index is 1290. The Hall–Kier alpha value is -3.96. The number of rotatable bonds is 8. The summed E-state index contributed by atoms with van der Waals surface area (Å²) >= 11 is 6.11. The molecule has 2 heterocycles. The Morgan fingerprint density at radius 2 is 2.03 bits per heavy atom. The maximum Gasteiger partial charge on any atom is 0.253 e. The Labute approximate surface area is 209 Å². The number of amides is 2. The molecule has 0 saturated carbocycles. The molecule has 8 nitrogen and oxygen atoms in total. The van der Waals surface area contributed by atoms with Gasteiger partial charge in [0.1, 0.15) is 0 Å². The van der Waals surface area contributed by atoms with Crippen LogP contribution in [-0.4, -0.2) is 39.8 Å². The van der Waals surface area contributed by atoms with Crippen LogP contribution < -0.4 is 10.6 Å². The topological polar surface area (TPSA) is 111 Å². The molecule has 1 aliphatic heterocycles. The van der Waals surface area contributed by atoms with E-state index in [0.717, 1.165) is 29.7 Å². The summed E-state index contributed by atoms with van der Waals surface area (Å²) in [6.45, 7) is 3.12. The van der Waals surface area contributed by atoms with Gasteiger partial charge in [0, 0.05) is 46.7 Å². The van der Waals surface area contributed by atoms with Gasteiger partial charge in [0.05, 0.1) is 30.3 Å². The molecule has 1 aromatic heterocycles. The van der Waals surface area contributed by atoms with E-state index in [2.05, 4.69) is 33.6 Å². The zero-order valence-electron chi connectivity index (χ0n) is 19.3. The Morgan fingerprint density at radius 3 is 2.77 bits per heavy atom. The molecule has 0 unspecified atom stereocenters. The van der Waals surface area contributed by atoms with Crippen molar-refractivity contribution in [3.8, 4) is 17.3 Å². The molecule has 0 saturated heterocycles. The van der Waals surface area contributed by atoms with E-state index in [9.17, 15) is 9.59 Å². The van der Waals surface area contributed by atoms with Gasteiger partial charge in [-0.15, -0.1) is 0 Å². The number of carbonyl (C=O) groups is 2. The van der Waals surface area contributed by atoms with Gasteiger partial charge in [-0.05, 0) is 48.9 Å². The molecule has 4 rings (SSSR count). The van der Waals surface area contributed by atoms with Crippen molar-refractivity contribution in [1.82, 2.24) is 14.9 Å². The number of hydrogen-bond donors (Lipinski definition) is 2. The molecule has 2 amide bonds. The normalized spacial score (nSPS) is 12.0. The van der Waals surface area contributed by atoms with Gasteiger partial charge in [-0.2, -0.15) is 5.26 Å². The molecule has 0 fully saturated rings. The number of nitrogens with one attached hydrogen (secondary N) is 2. The van der Waals surface area contributed by atoms with E-state index in [1.165, 1.54) is 0 Å². The molecule has 2 N–H and O–H groups in total. The second-order valence-corrected chi connectivity index (χ2v) is 8.67. The van der Waals surface area contributed by atoms with Crippen LogP contribution in [0, 0.1) is 11.3 Å². The van der Waals surface area contributed by atoms with E-state index >= 15 is 0 Å². The lowest BCUT2D eigenvalue weighted by Crippen LogP contribution is -2.32. The quantitative estimate of drug-likeness (QED) is 0.451. The summed E-state index contributed by atoms with van der Waals surface area (Å²) < 4.78 is 0. The Kier molecular flexibility index (Phi) is 7.58. The van der Waals surface area contributed by atoms with E-state index in [1.807, 2.05) is 6.07 Å². The van der Waals surface area contributed by atoms with Crippen molar-refractivity contribution < 1.29 is 9.59 Å². The van der Waals surface area contributed by atoms with Gasteiger partial charge >= 0.3 is 0 Å². The van der Waals surface area contributed by atoms with Crippen molar-refractivity contribution in [2.45, 2.75) is 32.6 Å². The molecule has 0 aliphatic carbocycles. The van der Waals surface area contributed by atoms with Crippen LogP contribution in [0.3, 0.4) is 0 Å². The second-order valence-electron chi connectivity index (χ2n) is 8.24. The van der Waals surface area contributed by atoms with Crippen molar-refractivity contribution >= 4 is 40.7 Å². The molecule has 2 aromatic carbocycles. The second kappa shape index (κ2) is 11.0. The summed E-state index contributed by atoms with van der Waals surface area (Å²) in [6, 6.07) is 14.5. The lowest BCUT2D eigenvalue weighted by atomic mass is 10.1. The van der Waals surface area contributed by atoms with Gasteiger partial charge in [0.2, 0.25) is 11.9 Å². The molecule has 3 aromatic rings. The average Bonchev–Trinajstić information content (AvgIpc) is 2.98. The van der Waals surface area contributed by atoms with Crippen molar-refractivity contribution in [3.63, 3.8) is 0 Å². The molecule has 0 radical (unpaired) electrons. The highest BCUT2D eigenvalue weighted by molar-refractivity contribution is 6.31. The Morgan fingerprint density at radius 1 is 1.23 bits per heavy atom. The standard InChI is InChI=1S/C26H25ClN6O2/c1-2-3-12-33(13-4-11-28)25(35)17-5-8-20(9-6-17)30-26-29-16-18-14-23(34)31-22-15-19(27)7-10-21(22)24(18)32-26/h5-10,15-16H,2-4,12-14H2,1H3,(H,31,34)(H,29,30,32). The van der Waals surface area contributed by atoms with Gasteiger partial charge in [-0.1, -0.05) is 24.9 Å². The van der Waals surface area contributed by atoms with Gasteiger partial charge in [-0.25, -0.2) is 9.97 Å². The minimum Gasteiger partial charge on any atom is -0.338 e. The molecule has 9 heteroatoms. The van der Waals surface area contributed by atoms with Gasteiger partial charge in [0.25, 0.3) is 5.91 Å². The first-order chi connectivity index (χ1) is 17.0. The number of nitrogens with zero attached hydrogens (tertiary/aromatic N) is 4. The van der Waals surface area contributed by atoms with Crippen molar-refractivity contribution in [1.29, 1.82) is 5.26 Å². The first-order valence-corrected chi connectivity index (χ1v) is 11.8. The van der Waals surface area contributed by atoms with Crippen LogP contribution in [0.25, 0.3) is 11.3 Å². The summed E-state index contributed by atoms with van der Waals surface area (Å²) in [4.78, 5) is 36.0. The van der Waals surface area contributed by atoms with E-state index < -0.39 is 0 Å². The monoisotopic (exact) mass is 488 g/mol. The molecule has 1 aliphatic rings. The van der Waals surface area contributed by atoms with E-state index in [4.69, 9.17) is 16.9 Å². The molecule has 0 bridgehead atoms. The van der Waals surface area contributed by atoms with Gasteiger partial charge < -0.3 is 15.5 Å². The van der Waals surface area contributed by atoms with Crippen LogP contribution in [-0.2, 0) is 11.2 Å². The number of hydrogen-bond acceptors (Lipinski definition) is 6. The molecule has 35 heavy (non-hydrogen) atoms. The maximum atomic E-state index is 12.9. The summed E-state index contributed by atoms with van der Waals surface area (Å²) in [5, 5.41) is 15.5. The molecule has 0 spiro atoms. The number of unbranched alkanes of at least 4 members (excludes halogenated alkanes) is 1. The first-order valence-electron chi connectivity index (χ1n) is 11.5. The summed E-state index contributed by atoms with van der Waals surface area (Å²) in [5.41, 5.74) is 4.03. The van der Waals surface area contributed by atoms with Crippen LogP contribution in [0.1, 0.15) is 42.1 Å². The van der Waals surface area contributed by atoms with Crippen LogP contribution >= 0.6 is 11.6 Å². The highest BCUT2D eigenvalue weighted by atomic mass is 35.5. The number of fused-ring (bicyclic) bond motifs is 3. The Balaban J connectivity index is 1.54. The van der Waals surface area contributed by atoms with Crippen molar-refractivity contribution in [2.75, 3.05) is 23.7 Å². The molecule has 178 valence electrons. The lowest BCUT2D eigenvalue weighted by Gasteiger charge is -2.21. The van der Waals surface area contributed by atoms with Crippen LogP contribution in [0.5, 0.6) is 0 Å². The number of carbonyl (C=O) groups excluding carboxylic acids is 2. The highest BCUT2D eigenvalue weighted by Crippen LogP contribution is 2.34. The van der Waals surface area contributed by atoms with Gasteiger partial charge in [0.15, 0.2) is 0 Å². The molecule has 0 atom stereocenters. The van der Waals surface area contributed by atoms with Crippen LogP contribution in [0.15, 0.2) is 48.7 Å². The third kappa shape index (κ3) is 5.76. The van der Waals surface area contributed by atoms with Crippen molar-refractivity contribution in [2.24, 2.45) is 0 Å². The third-order valence-corrected chi connectivity index (χ3v) is 5.91. The highest BCUT2D eigenvalue weighted by Gasteiger charge is 2.21. The summed E-state index contributed by atoms with van der Waals surface area (Å²) in [5.74, 6) is 0.130. The number of benzene rings is 2. The zero-order valence-corrected chi connectivity index (χ0v) is 20.1. The minimum absolute atomic E-state index is 0.0889. The third-order valence-electron chi connectivity index (χ3n) is 5.68.